The van der Waals surface area contributed by atoms with E-state index >= 15 is 0 Å². The van der Waals surface area contributed by atoms with E-state index in [-0.39, 0.29) is 5.91 Å². The van der Waals surface area contributed by atoms with Crippen molar-refractivity contribution in [1.29, 1.82) is 0 Å². The molecule has 0 saturated heterocycles. The van der Waals surface area contributed by atoms with Gasteiger partial charge in [-0.3, -0.25) is 9.00 Å². The highest BCUT2D eigenvalue weighted by molar-refractivity contribution is 7.83. The van der Waals surface area contributed by atoms with Crippen LogP contribution in [0.25, 0.3) is 22.6 Å². The zero-order valence-electron chi connectivity index (χ0n) is 14.6. The molecule has 0 unspecified atom stereocenters. The second-order valence-corrected chi connectivity index (χ2v) is 7.60. The summed E-state index contributed by atoms with van der Waals surface area (Å²) in [5, 5.41) is 2.89. The van der Waals surface area contributed by atoms with Crippen LogP contribution in [-0.4, -0.2) is 26.3 Å². The molecule has 4 rings (SSSR count). The first-order valence-corrected chi connectivity index (χ1v) is 10.1. The fraction of sp³-hybridized carbons (Fsp3) is 0.100. The number of carbonyl (C=O) groups excluding carboxylic acids is 1. The second-order valence-electron chi connectivity index (χ2n) is 6.17. The van der Waals surface area contributed by atoms with Crippen LogP contribution in [0.1, 0.15) is 15.9 Å². The fourth-order valence-electron chi connectivity index (χ4n) is 2.86. The summed E-state index contributed by atoms with van der Waals surface area (Å²) >= 11 is 0. The van der Waals surface area contributed by atoms with Crippen LogP contribution >= 0.6 is 0 Å². The van der Waals surface area contributed by atoms with Crippen molar-refractivity contribution in [2.45, 2.75) is 5.75 Å². The van der Waals surface area contributed by atoms with Crippen molar-refractivity contribution in [2.75, 3.05) is 11.6 Å². The SMILES string of the molecule is C[S@@](=O)Cc1cccc(C(=O)Nc2ccc3nc(-c4ccco4)[nH]c3c2)c1. The first kappa shape index (κ1) is 17.2. The summed E-state index contributed by atoms with van der Waals surface area (Å²) in [7, 11) is -0.953. The monoisotopic (exact) mass is 379 g/mol. The summed E-state index contributed by atoms with van der Waals surface area (Å²) in [4.78, 5) is 20.2. The van der Waals surface area contributed by atoms with Gasteiger partial charge in [0.05, 0.1) is 17.3 Å². The summed E-state index contributed by atoms with van der Waals surface area (Å²) in [5.74, 6) is 1.50. The molecule has 0 aliphatic rings. The number of anilines is 1. The molecule has 0 bridgehead atoms. The number of nitrogens with zero attached hydrogens (tertiary/aromatic N) is 1. The number of fused-ring (bicyclic) bond motifs is 1. The van der Waals surface area contributed by atoms with E-state index in [1.165, 1.54) is 0 Å². The van der Waals surface area contributed by atoms with E-state index < -0.39 is 10.8 Å². The van der Waals surface area contributed by atoms with E-state index in [9.17, 15) is 9.00 Å². The number of amides is 1. The molecule has 136 valence electrons. The lowest BCUT2D eigenvalue weighted by molar-refractivity contribution is 0.102. The largest absolute Gasteiger partial charge is 0.461 e. The standard InChI is InChI=1S/C20H17N3O3S/c1-27(25)12-13-4-2-5-14(10-13)20(24)21-15-7-8-16-17(11-15)23-19(22-16)18-6-3-9-26-18/h2-11H,12H2,1H3,(H,21,24)(H,22,23)/t27-/m1/s1. The van der Waals surface area contributed by atoms with Gasteiger partial charge in [-0.2, -0.15) is 0 Å². The number of hydrogen-bond donors (Lipinski definition) is 2. The number of aromatic nitrogens is 2. The number of carbonyl (C=O) groups is 1. The number of furan rings is 1. The third kappa shape index (κ3) is 3.83. The van der Waals surface area contributed by atoms with E-state index in [2.05, 4.69) is 15.3 Å². The van der Waals surface area contributed by atoms with Gasteiger partial charge in [0.1, 0.15) is 0 Å². The van der Waals surface area contributed by atoms with Crippen molar-refractivity contribution >= 4 is 33.4 Å². The minimum Gasteiger partial charge on any atom is -0.461 e. The molecule has 1 atom stereocenters. The normalized spacial score (nSPS) is 12.2. The molecule has 6 nitrogen and oxygen atoms in total. The number of nitrogens with one attached hydrogen (secondary N) is 2. The second kappa shape index (κ2) is 7.20. The Morgan fingerprint density at radius 3 is 2.85 bits per heavy atom. The van der Waals surface area contributed by atoms with Gasteiger partial charge in [-0.15, -0.1) is 0 Å². The molecule has 0 aliphatic carbocycles. The van der Waals surface area contributed by atoms with Crippen molar-refractivity contribution in [3.05, 3.63) is 72.0 Å². The fourth-order valence-corrected chi connectivity index (χ4v) is 3.51. The molecule has 1 amide bonds. The minimum atomic E-state index is -0.953. The van der Waals surface area contributed by atoms with Crippen LogP contribution in [0.3, 0.4) is 0 Å². The van der Waals surface area contributed by atoms with E-state index in [4.69, 9.17) is 4.42 Å². The summed E-state index contributed by atoms with van der Waals surface area (Å²) in [6.07, 6.45) is 3.24. The Morgan fingerprint density at radius 2 is 2.07 bits per heavy atom. The van der Waals surface area contributed by atoms with E-state index in [1.54, 1.807) is 42.9 Å². The molecule has 0 saturated carbocycles. The Labute approximate surface area is 158 Å². The lowest BCUT2D eigenvalue weighted by Crippen LogP contribution is -2.12. The lowest BCUT2D eigenvalue weighted by Gasteiger charge is -2.07. The van der Waals surface area contributed by atoms with Gasteiger partial charge in [-0.05, 0) is 48.0 Å². The molecule has 27 heavy (non-hydrogen) atoms. The lowest BCUT2D eigenvalue weighted by atomic mass is 10.1. The number of benzene rings is 2. The van der Waals surface area contributed by atoms with Gasteiger partial charge in [0.25, 0.3) is 5.91 Å². The van der Waals surface area contributed by atoms with Crippen molar-refractivity contribution in [2.24, 2.45) is 0 Å². The number of hydrogen-bond acceptors (Lipinski definition) is 4. The maximum atomic E-state index is 12.6. The van der Waals surface area contributed by atoms with E-state index in [0.717, 1.165) is 16.6 Å². The Kier molecular flexibility index (Phi) is 4.60. The van der Waals surface area contributed by atoms with Crippen LogP contribution in [0.5, 0.6) is 0 Å². The summed E-state index contributed by atoms with van der Waals surface area (Å²) in [5.41, 5.74) is 3.64. The molecule has 4 aromatic rings. The van der Waals surface area contributed by atoms with Crippen LogP contribution in [0, 0.1) is 0 Å². The molecule has 0 spiro atoms. The topological polar surface area (TPSA) is 88.0 Å². The van der Waals surface area contributed by atoms with Gasteiger partial charge in [0.15, 0.2) is 11.6 Å². The molecular formula is C20H17N3O3S. The number of H-pyrrole nitrogens is 1. The van der Waals surface area contributed by atoms with Crippen LogP contribution in [0.2, 0.25) is 0 Å². The third-order valence-electron chi connectivity index (χ3n) is 4.05. The Hall–Kier alpha value is -3.19. The molecule has 0 radical (unpaired) electrons. The van der Waals surface area contributed by atoms with Crippen LogP contribution in [-0.2, 0) is 16.6 Å². The van der Waals surface area contributed by atoms with Gasteiger partial charge in [-0.1, -0.05) is 12.1 Å². The van der Waals surface area contributed by atoms with Crippen LogP contribution in [0.15, 0.2) is 65.3 Å². The Morgan fingerprint density at radius 1 is 1.19 bits per heavy atom. The van der Waals surface area contributed by atoms with Crippen molar-refractivity contribution in [3.63, 3.8) is 0 Å². The smallest absolute Gasteiger partial charge is 0.255 e. The van der Waals surface area contributed by atoms with Gasteiger partial charge in [0, 0.05) is 34.1 Å². The summed E-state index contributed by atoms with van der Waals surface area (Å²) < 4.78 is 16.7. The first-order valence-electron chi connectivity index (χ1n) is 8.32. The zero-order valence-corrected chi connectivity index (χ0v) is 15.4. The predicted molar refractivity (Wildman–Crippen MR) is 106 cm³/mol. The minimum absolute atomic E-state index is 0.219. The maximum Gasteiger partial charge on any atom is 0.255 e. The molecule has 2 aromatic heterocycles. The van der Waals surface area contributed by atoms with Gasteiger partial charge >= 0.3 is 0 Å². The molecule has 2 aromatic carbocycles. The average molecular weight is 379 g/mol. The maximum absolute atomic E-state index is 12.6. The molecule has 0 aliphatic heterocycles. The van der Waals surface area contributed by atoms with Crippen molar-refractivity contribution < 1.29 is 13.4 Å². The number of imidazole rings is 1. The van der Waals surface area contributed by atoms with Crippen molar-refractivity contribution in [1.82, 2.24) is 9.97 Å². The van der Waals surface area contributed by atoms with E-state index in [0.29, 0.717) is 28.6 Å². The average Bonchev–Trinajstić information content (AvgIpc) is 3.30. The van der Waals surface area contributed by atoms with E-state index in [1.807, 2.05) is 24.3 Å². The zero-order chi connectivity index (χ0) is 18.8. The molecular weight excluding hydrogens is 362 g/mol. The molecule has 2 heterocycles. The number of rotatable bonds is 5. The number of aromatic amines is 1. The van der Waals surface area contributed by atoms with Crippen LogP contribution < -0.4 is 5.32 Å². The Balaban J connectivity index is 1.56. The quantitative estimate of drug-likeness (QED) is 0.549. The molecule has 2 N–H and O–H groups in total. The van der Waals surface area contributed by atoms with Crippen LogP contribution in [0.4, 0.5) is 5.69 Å². The van der Waals surface area contributed by atoms with Gasteiger partial charge in [-0.25, -0.2) is 4.98 Å². The third-order valence-corrected chi connectivity index (χ3v) is 4.79. The first-order chi connectivity index (χ1) is 13.1. The summed E-state index contributed by atoms with van der Waals surface area (Å²) in [6.45, 7) is 0. The highest BCUT2D eigenvalue weighted by atomic mass is 32.2. The van der Waals surface area contributed by atoms with Crippen molar-refractivity contribution in [3.8, 4) is 11.6 Å². The van der Waals surface area contributed by atoms with Gasteiger partial charge < -0.3 is 14.7 Å². The molecule has 0 fully saturated rings. The van der Waals surface area contributed by atoms with Gasteiger partial charge in [0.2, 0.25) is 0 Å². The molecule has 7 heteroatoms. The predicted octanol–water partition coefficient (Wildman–Crippen LogP) is 3.95. The highest BCUT2D eigenvalue weighted by Gasteiger charge is 2.11. The Bertz CT molecular complexity index is 1130. The highest BCUT2D eigenvalue weighted by Crippen LogP contribution is 2.23. The summed E-state index contributed by atoms with van der Waals surface area (Å²) in [6, 6.07) is 16.3.